The Morgan fingerprint density at radius 2 is 2.06 bits per heavy atom. The minimum absolute atomic E-state index is 0.00159. The predicted octanol–water partition coefficient (Wildman–Crippen LogP) is 2.52. The fraction of sp³-hybridized carbons (Fsp3) is 0.417. The minimum atomic E-state index is 0.00159. The minimum Gasteiger partial charge on any atom is -0.327 e. The van der Waals surface area contributed by atoms with Gasteiger partial charge in [0.15, 0.2) is 0 Å². The molecule has 4 heteroatoms. The molecule has 1 aromatic carbocycles. The van der Waals surface area contributed by atoms with Crippen molar-refractivity contribution < 1.29 is 4.79 Å². The molecule has 0 bridgehead atoms. The van der Waals surface area contributed by atoms with Crippen LogP contribution in [0.25, 0.3) is 0 Å². The lowest BCUT2D eigenvalue weighted by Gasteiger charge is -2.10. The van der Waals surface area contributed by atoms with Crippen molar-refractivity contribution in [3.8, 4) is 0 Å². The van der Waals surface area contributed by atoms with Crippen LogP contribution in [0.15, 0.2) is 28.7 Å². The number of hydrogen-bond acceptors (Lipinski definition) is 2. The maximum absolute atomic E-state index is 11.6. The van der Waals surface area contributed by atoms with Crippen molar-refractivity contribution in [3.63, 3.8) is 0 Å². The van der Waals surface area contributed by atoms with Crippen molar-refractivity contribution in [1.82, 2.24) is 0 Å². The Morgan fingerprint density at radius 3 is 2.62 bits per heavy atom. The third-order valence-electron chi connectivity index (χ3n) is 2.78. The van der Waals surface area contributed by atoms with Crippen LogP contribution < -0.4 is 11.1 Å². The van der Waals surface area contributed by atoms with Gasteiger partial charge >= 0.3 is 0 Å². The molecule has 1 saturated carbocycles. The van der Waals surface area contributed by atoms with Crippen LogP contribution in [0.1, 0.15) is 19.3 Å². The zero-order valence-electron chi connectivity index (χ0n) is 8.95. The fourth-order valence-corrected chi connectivity index (χ4v) is 1.91. The molecule has 1 atom stereocenters. The van der Waals surface area contributed by atoms with E-state index in [1.807, 2.05) is 24.3 Å². The van der Waals surface area contributed by atoms with Crippen LogP contribution in [0.4, 0.5) is 5.69 Å². The maximum Gasteiger partial charge on any atom is 0.225 e. The Morgan fingerprint density at radius 1 is 1.44 bits per heavy atom. The zero-order valence-corrected chi connectivity index (χ0v) is 10.5. The van der Waals surface area contributed by atoms with Gasteiger partial charge in [-0.2, -0.15) is 0 Å². The van der Waals surface area contributed by atoms with Gasteiger partial charge in [0.05, 0.1) is 0 Å². The molecule has 3 N–H and O–H groups in total. The summed E-state index contributed by atoms with van der Waals surface area (Å²) in [4.78, 5) is 11.6. The molecule has 1 aliphatic carbocycles. The van der Waals surface area contributed by atoms with E-state index in [-0.39, 0.29) is 11.9 Å². The molecule has 16 heavy (non-hydrogen) atoms. The average molecular weight is 283 g/mol. The van der Waals surface area contributed by atoms with Crippen molar-refractivity contribution in [1.29, 1.82) is 0 Å². The van der Waals surface area contributed by atoms with Gasteiger partial charge in [-0.1, -0.05) is 15.9 Å². The van der Waals surface area contributed by atoms with Crippen LogP contribution >= 0.6 is 15.9 Å². The van der Waals surface area contributed by atoms with E-state index < -0.39 is 0 Å². The summed E-state index contributed by atoms with van der Waals surface area (Å²) in [5.41, 5.74) is 6.71. The van der Waals surface area contributed by atoms with E-state index in [2.05, 4.69) is 21.2 Å². The first kappa shape index (κ1) is 11.6. The van der Waals surface area contributed by atoms with Gasteiger partial charge in [0.25, 0.3) is 0 Å². The largest absolute Gasteiger partial charge is 0.327 e. The molecular formula is C12H15BrN2O. The quantitative estimate of drug-likeness (QED) is 0.892. The molecule has 0 aromatic heterocycles. The third-order valence-corrected chi connectivity index (χ3v) is 3.31. The number of halogens is 1. The van der Waals surface area contributed by atoms with E-state index >= 15 is 0 Å². The number of carbonyl (C=O) groups excluding carboxylic acids is 1. The molecule has 86 valence electrons. The lowest BCUT2D eigenvalue weighted by Crippen LogP contribution is -2.28. The van der Waals surface area contributed by atoms with Crippen LogP contribution in [0.3, 0.4) is 0 Å². The normalized spacial score (nSPS) is 16.9. The number of benzene rings is 1. The summed E-state index contributed by atoms with van der Waals surface area (Å²) in [6.45, 7) is 0. The van der Waals surface area contributed by atoms with E-state index in [0.717, 1.165) is 10.2 Å². The van der Waals surface area contributed by atoms with E-state index in [1.165, 1.54) is 12.8 Å². The molecule has 0 aliphatic heterocycles. The van der Waals surface area contributed by atoms with Crippen LogP contribution in [0.2, 0.25) is 0 Å². The Kier molecular flexibility index (Phi) is 3.61. The second kappa shape index (κ2) is 4.97. The Bertz CT molecular complexity index is 373. The van der Waals surface area contributed by atoms with Gasteiger partial charge in [0.1, 0.15) is 0 Å². The Hall–Kier alpha value is -0.870. The summed E-state index contributed by atoms with van der Waals surface area (Å²) in [7, 11) is 0. The molecule has 0 radical (unpaired) electrons. The molecule has 1 amide bonds. The molecule has 1 unspecified atom stereocenters. The zero-order chi connectivity index (χ0) is 11.5. The molecule has 0 heterocycles. The number of nitrogens with two attached hydrogens (primary N) is 1. The molecule has 1 aromatic rings. The van der Waals surface area contributed by atoms with E-state index in [9.17, 15) is 4.79 Å². The highest BCUT2D eigenvalue weighted by Crippen LogP contribution is 2.32. The SMILES string of the molecule is NC(CC(=O)Nc1ccc(Br)cc1)C1CC1. The van der Waals surface area contributed by atoms with E-state index in [4.69, 9.17) is 5.73 Å². The molecule has 1 aliphatic rings. The van der Waals surface area contributed by atoms with Gasteiger partial charge < -0.3 is 11.1 Å². The van der Waals surface area contributed by atoms with Crippen molar-refractivity contribution in [3.05, 3.63) is 28.7 Å². The fourth-order valence-electron chi connectivity index (χ4n) is 1.65. The third kappa shape index (κ3) is 3.32. The molecule has 0 saturated heterocycles. The van der Waals surface area contributed by atoms with Crippen LogP contribution in [0.5, 0.6) is 0 Å². The van der Waals surface area contributed by atoms with Gasteiger partial charge in [0, 0.05) is 22.6 Å². The first-order chi connectivity index (χ1) is 7.65. The Labute approximate surface area is 104 Å². The summed E-state index contributed by atoms with van der Waals surface area (Å²) < 4.78 is 1.00. The molecule has 3 nitrogen and oxygen atoms in total. The summed E-state index contributed by atoms with van der Waals surface area (Å²) in [6.07, 6.45) is 2.76. The van der Waals surface area contributed by atoms with E-state index in [1.54, 1.807) is 0 Å². The first-order valence-electron chi connectivity index (χ1n) is 5.46. The van der Waals surface area contributed by atoms with E-state index in [0.29, 0.717) is 12.3 Å². The van der Waals surface area contributed by atoms with Gasteiger partial charge in [-0.05, 0) is 43.0 Å². The number of amides is 1. The lowest BCUT2D eigenvalue weighted by molar-refractivity contribution is -0.116. The number of carbonyl (C=O) groups is 1. The smallest absolute Gasteiger partial charge is 0.225 e. The first-order valence-corrected chi connectivity index (χ1v) is 6.25. The van der Waals surface area contributed by atoms with Crippen LogP contribution in [0, 0.1) is 5.92 Å². The van der Waals surface area contributed by atoms with Crippen LogP contribution in [-0.4, -0.2) is 11.9 Å². The van der Waals surface area contributed by atoms with Crippen molar-refractivity contribution in [2.24, 2.45) is 11.7 Å². The number of hydrogen-bond donors (Lipinski definition) is 2. The number of nitrogens with one attached hydrogen (secondary N) is 1. The molecule has 2 rings (SSSR count). The van der Waals surface area contributed by atoms with Crippen molar-refractivity contribution in [2.45, 2.75) is 25.3 Å². The summed E-state index contributed by atoms with van der Waals surface area (Å²) in [5.74, 6) is 0.567. The topological polar surface area (TPSA) is 55.1 Å². The van der Waals surface area contributed by atoms with Gasteiger partial charge in [-0.25, -0.2) is 0 Å². The Balaban J connectivity index is 1.84. The predicted molar refractivity (Wildman–Crippen MR) is 68.1 cm³/mol. The molecular weight excluding hydrogens is 268 g/mol. The maximum atomic E-state index is 11.6. The van der Waals surface area contributed by atoms with Crippen molar-refractivity contribution >= 4 is 27.5 Å². The van der Waals surface area contributed by atoms with Crippen LogP contribution in [-0.2, 0) is 4.79 Å². The highest BCUT2D eigenvalue weighted by Gasteiger charge is 2.29. The second-order valence-electron chi connectivity index (χ2n) is 4.26. The van der Waals surface area contributed by atoms with Gasteiger partial charge in [-0.3, -0.25) is 4.79 Å². The number of rotatable bonds is 4. The average Bonchev–Trinajstić information content (AvgIpc) is 3.04. The summed E-state index contributed by atoms with van der Waals surface area (Å²) in [5, 5.41) is 2.84. The molecule has 0 spiro atoms. The second-order valence-corrected chi connectivity index (χ2v) is 5.18. The highest BCUT2D eigenvalue weighted by molar-refractivity contribution is 9.10. The molecule has 1 fully saturated rings. The standard InChI is InChI=1S/C12H15BrN2O/c13-9-3-5-10(6-4-9)15-12(16)7-11(14)8-1-2-8/h3-6,8,11H,1-2,7,14H2,(H,15,16). The van der Waals surface area contributed by atoms with Gasteiger partial charge in [-0.15, -0.1) is 0 Å². The highest BCUT2D eigenvalue weighted by atomic mass is 79.9. The van der Waals surface area contributed by atoms with Gasteiger partial charge in [0.2, 0.25) is 5.91 Å². The van der Waals surface area contributed by atoms with Crippen molar-refractivity contribution in [2.75, 3.05) is 5.32 Å². The number of anilines is 1. The summed E-state index contributed by atoms with van der Waals surface area (Å²) >= 11 is 3.35. The summed E-state index contributed by atoms with van der Waals surface area (Å²) in [6, 6.07) is 7.55. The monoisotopic (exact) mass is 282 g/mol. The lowest BCUT2D eigenvalue weighted by atomic mass is 10.1.